The summed E-state index contributed by atoms with van der Waals surface area (Å²) in [4.78, 5) is 23.9. The average Bonchev–Trinajstić information content (AvgIpc) is 2.80. The number of hydrogen-bond acceptors (Lipinski definition) is 5. The molecule has 152 valence electrons. The maximum absolute atomic E-state index is 12.9. The van der Waals surface area contributed by atoms with Crippen molar-refractivity contribution in [2.45, 2.75) is 13.0 Å². The number of carbonyl (C=O) groups is 1. The standard InChI is InChI=1S/C23H28N4O2/c1-29-21-6-4-5-19(17-21)18-25-11-8-20(9-12-25)23(28)27-15-13-26(14-16-27)22-7-2-3-10-24-22/h2-8,10,17H,9,11-16,18H2,1H3. The van der Waals surface area contributed by atoms with Crippen molar-refractivity contribution in [3.05, 3.63) is 65.9 Å². The Bertz CT molecular complexity index is 860. The predicted octanol–water partition coefficient (Wildman–Crippen LogP) is 2.57. The van der Waals surface area contributed by atoms with E-state index in [1.807, 2.05) is 41.4 Å². The highest BCUT2D eigenvalue weighted by Gasteiger charge is 2.25. The smallest absolute Gasteiger partial charge is 0.249 e. The van der Waals surface area contributed by atoms with E-state index in [2.05, 4.69) is 33.0 Å². The third kappa shape index (κ3) is 4.77. The van der Waals surface area contributed by atoms with E-state index in [-0.39, 0.29) is 5.91 Å². The molecule has 3 heterocycles. The number of aromatic nitrogens is 1. The lowest BCUT2D eigenvalue weighted by Crippen LogP contribution is -2.49. The van der Waals surface area contributed by atoms with Gasteiger partial charge in [0.05, 0.1) is 7.11 Å². The van der Waals surface area contributed by atoms with Crippen molar-refractivity contribution in [2.24, 2.45) is 0 Å². The minimum Gasteiger partial charge on any atom is -0.497 e. The van der Waals surface area contributed by atoms with Crippen molar-refractivity contribution in [1.82, 2.24) is 14.8 Å². The summed E-state index contributed by atoms with van der Waals surface area (Å²) in [6.45, 7) is 5.75. The number of amides is 1. The van der Waals surface area contributed by atoms with Gasteiger partial charge >= 0.3 is 0 Å². The van der Waals surface area contributed by atoms with Crippen LogP contribution in [0.25, 0.3) is 0 Å². The molecule has 1 amide bonds. The molecular formula is C23H28N4O2. The zero-order valence-corrected chi connectivity index (χ0v) is 17.0. The van der Waals surface area contributed by atoms with E-state index in [1.165, 1.54) is 5.56 Å². The van der Waals surface area contributed by atoms with Gasteiger partial charge < -0.3 is 14.5 Å². The topological polar surface area (TPSA) is 48.9 Å². The van der Waals surface area contributed by atoms with Gasteiger partial charge in [0.2, 0.25) is 5.91 Å². The van der Waals surface area contributed by atoms with E-state index < -0.39 is 0 Å². The van der Waals surface area contributed by atoms with Gasteiger partial charge in [0.25, 0.3) is 0 Å². The summed E-state index contributed by atoms with van der Waals surface area (Å²) in [5, 5.41) is 0. The van der Waals surface area contributed by atoms with E-state index in [9.17, 15) is 4.79 Å². The lowest BCUT2D eigenvalue weighted by atomic mass is 10.1. The largest absolute Gasteiger partial charge is 0.497 e. The monoisotopic (exact) mass is 392 g/mol. The molecular weight excluding hydrogens is 364 g/mol. The summed E-state index contributed by atoms with van der Waals surface area (Å²) < 4.78 is 5.31. The molecule has 29 heavy (non-hydrogen) atoms. The molecule has 6 nitrogen and oxygen atoms in total. The minimum atomic E-state index is 0.201. The normalized spacial score (nSPS) is 17.8. The van der Waals surface area contributed by atoms with Crippen LogP contribution in [0.15, 0.2) is 60.3 Å². The van der Waals surface area contributed by atoms with Gasteiger partial charge in [0.15, 0.2) is 0 Å². The molecule has 1 aromatic carbocycles. The summed E-state index contributed by atoms with van der Waals surface area (Å²) in [5.74, 6) is 2.08. The zero-order chi connectivity index (χ0) is 20.1. The second kappa shape index (κ2) is 9.09. The summed E-state index contributed by atoms with van der Waals surface area (Å²) in [5.41, 5.74) is 2.19. The Morgan fingerprint density at radius 3 is 2.62 bits per heavy atom. The molecule has 6 heteroatoms. The highest BCUT2D eigenvalue weighted by atomic mass is 16.5. The maximum atomic E-state index is 12.9. The van der Waals surface area contributed by atoms with Crippen molar-refractivity contribution in [3.63, 3.8) is 0 Å². The number of carbonyl (C=O) groups excluding carboxylic acids is 1. The van der Waals surface area contributed by atoms with Gasteiger partial charge in [-0.25, -0.2) is 4.98 Å². The predicted molar refractivity (Wildman–Crippen MR) is 114 cm³/mol. The van der Waals surface area contributed by atoms with Crippen LogP contribution in [-0.4, -0.2) is 67.1 Å². The molecule has 1 saturated heterocycles. The Morgan fingerprint density at radius 1 is 1.07 bits per heavy atom. The first-order valence-corrected chi connectivity index (χ1v) is 10.2. The fourth-order valence-electron chi connectivity index (χ4n) is 3.96. The highest BCUT2D eigenvalue weighted by Crippen LogP contribution is 2.20. The minimum absolute atomic E-state index is 0.201. The lowest BCUT2D eigenvalue weighted by Gasteiger charge is -2.36. The number of anilines is 1. The van der Waals surface area contributed by atoms with Crippen molar-refractivity contribution in [1.29, 1.82) is 0 Å². The van der Waals surface area contributed by atoms with Crippen molar-refractivity contribution in [2.75, 3.05) is 51.3 Å². The fraction of sp³-hybridized carbons (Fsp3) is 0.391. The van der Waals surface area contributed by atoms with Gasteiger partial charge in [-0.3, -0.25) is 9.69 Å². The van der Waals surface area contributed by atoms with E-state index >= 15 is 0 Å². The summed E-state index contributed by atoms with van der Waals surface area (Å²) in [6.07, 6.45) is 4.73. The SMILES string of the molecule is COc1cccc(CN2CC=C(C(=O)N3CCN(c4ccccn4)CC3)CC2)c1. The number of benzene rings is 1. The van der Waals surface area contributed by atoms with Gasteiger partial charge in [0, 0.05) is 57.6 Å². The molecule has 0 N–H and O–H groups in total. The molecule has 0 radical (unpaired) electrons. The fourth-order valence-corrected chi connectivity index (χ4v) is 3.96. The Hall–Kier alpha value is -2.86. The lowest BCUT2D eigenvalue weighted by molar-refractivity contribution is -0.127. The Morgan fingerprint density at radius 2 is 1.93 bits per heavy atom. The molecule has 2 aliphatic heterocycles. The number of hydrogen-bond donors (Lipinski definition) is 0. The van der Waals surface area contributed by atoms with E-state index in [4.69, 9.17) is 4.74 Å². The van der Waals surface area contributed by atoms with Crippen LogP contribution in [0, 0.1) is 0 Å². The molecule has 0 aliphatic carbocycles. The molecule has 4 rings (SSSR count). The third-order valence-corrected chi connectivity index (χ3v) is 5.65. The first-order valence-electron chi connectivity index (χ1n) is 10.2. The second-order valence-electron chi connectivity index (χ2n) is 7.53. The molecule has 1 fully saturated rings. The van der Waals surface area contributed by atoms with Crippen LogP contribution in [0.2, 0.25) is 0 Å². The van der Waals surface area contributed by atoms with Crippen LogP contribution in [-0.2, 0) is 11.3 Å². The molecule has 0 bridgehead atoms. The maximum Gasteiger partial charge on any atom is 0.249 e. The van der Waals surface area contributed by atoms with E-state index in [0.717, 1.165) is 69.4 Å². The van der Waals surface area contributed by atoms with Crippen LogP contribution < -0.4 is 9.64 Å². The van der Waals surface area contributed by atoms with E-state index in [1.54, 1.807) is 7.11 Å². The Balaban J connectivity index is 1.29. The quantitative estimate of drug-likeness (QED) is 0.783. The average molecular weight is 393 g/mol. The van der Waals surface area contributed by atoms with Crippen molar-refractivity contribution in [3.8, 4) is 5.75 Å². The number of rotatable bonds is 5. The third-order valence-electron chi connectivity index (χ3n) is 5.65. The van der Waals surface area contributed by atoms with Gasteiger partial charge in [0.1, 0.15) is 11.6 Å². The van der Waals surface area contributed by atoms with Crippen LogP contribution in [0.5, 0.6) is 5.75 Å². The highest BCUT2D eigenvalue weighted by molar-refractivity contribution is 5.93. The van der Waals surface area contributed by atoms with Crippen molar-refractivity contribution < 1.29 is 9.53 Å². The number of ether oxygens (including phenoxy) is 1. The van der Waals surface area contributed by atoms with Crippen molar-refractivity contribution >= 4 is 11.7 Å². The van der Waals surface area contributed by atoms with Gasteiger partial charge in [-0.05, 0) is 36.2 Å². The number of nitrogens with zero attached hydrogens (tertiary/aromatic N) is 4. The second-order valence-corrected chi connectivity index (χ2v) is 7.53. The molecule has 0 unspecified atom stereocenters. The number of methoxy groups -OCH3 is 1. The van der Waals surface area contributed by atoms with Crippen LogP contribution in [0.3, 0.4) is 0 Å². The summed E-state index contributed by atoms with van der Waals surface area (Å²) in [7, 11) is 1.69. The molecule has 2 aliphatic rings. The van der Waals surface area contributed by atoms with Gasteiger partial charge in [-0.1, -0.05) is 24.3 Å². The number of pyridine rings is 1. The molecule has 1 aromatic heterocycles. The zero-order valence-electron chi connectivity index (χ0n) is 17.0. The Kier molecular flexibility index (Phi) is 6.10. The number of piperazine rings is 1. The molecule has 2 aromatic rings. The van der Waals surface area contributed by atoms with E-state index in [0.29, 0.717) is 0 Å². The molecule has 0 saturated carbocycles. The van der Waals surface area contributed by atoms with Crippen LogP contribution in [0.4, 0.5) is 5.82 Å². The van der Waals surface area contributed by atoms with Crippen LogP contribution in [0.1, 0.15) is 12.0 Å². The molecule has 0 atom stereocenters. The summed E-state index contributed by atoms with van der Waals surface area (Å²) >= 11 is 0. The first-order chi connectivity index (χ1) is 14.2. The molecule has 0 spiro atoms. The first kappa shape index (κ1) is 19.5. The van der Waals surface area contributed by atoms with Crippen LogP contribution >= 0.6 is 0 Å². The Labute approximate surface area is 172 Å². The summed E-state index contributed by atoms with van der Waals surface area (Å²) in [6, 6.07) is 14.1. The van der Waals surface area contributed by atoms with Gasteiger partial charge in [-0.2, -0.15) is 0 Å². The van der Waals surface area contributed by atoms with Gasteiger partial charge in [-0.15, -0.1) is 0 Å².